The summed E-state index contributed by atoms with van der Waals surface area (Å²) in [6, 6.07) is 15.0. The molecule has 2 N–H and O–H groups in total. The topological polar surface area (TPSA) is 73.8 Å². The first-order chi connectivity index (χ1) is 13.0. The predicted molar refractivity (Wildman–Crippen MR) is 112 cm³/mol. The van der Waals surface area contributed by atoms with Crippen molar-refractivity contribution in [3.63, 3.8) is 0 Å². The first-order valence-electron chi connectivity index (χ1n) is 8.74. The third-order valence-electron chi connectivity index (χ3n) is 3.95. The van der Waals surface area contributed by atoms with Gasteiger partial charge in [-0.2, -0.15) is 5.10 Å². The molecule has 0 fully saturated rings. The summed E-state index contributed by atoms with van der Waals surface area (Å²) in [6.07, 6.45) is 1.57. The van der Waals surface area contributed by atoms with Gasteiger partial charge in [0.25, 0.3) is 11.8 Å². The Balaban J connectivity index is 1.81. The Labute approximate surface area is 167 Å². The van der Waals surface area contributed by atoms with Crippen molar-refractivity contribution in [2.45, 2.75) is 13.8 Å². The van der Waals surface area contributed by atoms with Crippen molar-refractivity contribution < 1.29 is 9.59 Å². The summed E-state index contributed by atoms with van der Waals surface area (Å²) in [7, 11) is 0. The highest BCUT2D eigenvalue weighted by Crippen LogP contribution is 2.15. The lowest BCUT2D eigenvalue weighted by molar-refractivity contribution is -0.120. The highest BCUT2D eigenvalue weighted by molar-refractivity contribution is 9.10. The Kier molecular flexibility index (Phi) is 8.00. The van der Waals surface area contributed by atoms with E-state index in [0.717, 1.165) is 24.3 Å². The molecule has 0 bridgehead atoms. The van der Waals surface area contributed by atoms with Crippen LogP contribution in [-0.4, -0.2) is 37.7 Å². The predicted octanol–water partition coefficient (Wildman–Crippen LogP) is 3.18. The highest BCUT2D eigenvalue weighted by atomic mass is 79.9. The van der Waals surface area contributed by atoms with Crippen LogP contribution in [-0.2, 0) is 4.79 Å². The number of anilines is 1. The highest BCUT2D eigenvalue weighted by Gasteiger charge is 2.10. The number of hydrogen-bond acceptors (Lipinski definition) is 4. The number of carbonyl (C=O) groups excluding carboxylic acids is 2. The normalized spacial score (nSPS) is 10.6. The summed E-state index contributed by atoms with van der Waals surface area (Å²) in [5.41, 5.74) is 4.91. The molecular formula is C20H23BrN4O2. The van der Waals surface area contributed by atoms with Gasteiger partial charge in [0.2, 0.25) is 0 Å². The zero-order valence-electron chi connectivity index (χ0n) is 15.4. The van der Waals surface area contributed by atoms with Gasteiger partial charge in [-0.15, -0.1) is 0 Å². The lowest BCUT2D eigenvalue weighted by Crippen LogP contribution is -2.35. The first-order valence-corrected chi connectivity index (χ1v) is 9.54. The molecular weight excluding hydrogens is 408 g/mol. The molecule has 0 saturated carbocycles. The summed E-state index contributed by atoms with van der Waals surface area (Å²) < 4.78 is 0.675. The van der Waals surface area contributed by atoms with Crippen molar-refractivity contribution in [2.24, 2.45) is 5.10 Å². The van der Waals surface area contributed by atoms with Gasteiger partial charge in [0.15, 0.2) is 0 Å². The molecule has 0 saturated heterocycles. The molecule has 0 radical (unpaired) electrons. The zero-order valence-corrected chi connectivity index (χ0v) is 17.0. The second-order valence-corrected chi connectivity index (χ2v) is 6.57. The number of amides is 2. The lowest BCUT2D eigenvalue weighted by Gasteiger charge is -2.20. The molecule has 2 amide bonds. The van der Waals surface area contributed by atoms with Gasteiger partial charge >= 0.3 is 0 Å². The molecule has 0 aliphatic heterocycles. The fourth-order valence-corrected chi connectivity index (χ4v) is 2.94. The quantitative estimate of drug-likeness (QED) is 0.498. The number of hydrazone groups is 1. The van der Waals surface area contributed by atoms with Crippen LogP contribution < -0.4 is 15.6 Å². The standard InChI is InChI=1S/C20H23BrN4O2/c1-3-25(4-2)16-11-9-15(10-12-16)13-23-24-19(26)14-22-20(27)17-7-5-6-8-18(17)21/h5-13H,3-4,14H2,1-2H3,(H,22,27)(H,24,26)/b23-13+. The van der Waals surface area contributed by atoms with Gasteiger partial charge in [-0.25, -0.2) is 5.43 Å². The van der Waals surface area contributed by atoms with Gasteiger partial charge in [0.1, 0.15) is 0 Å². The molecule has 0 unspecified atom stereocenters. The number of nitrogens with zero attached hydrogens (tertiary/aromatic N) is 2. The van der Waals surface area contributed by atoms with Gasteiger partial charge < -0.3 is 10.2 Å². The van der Waals surface area contributed by atoms with Gasteiger partial charge in [-0.3, -0.25) is 9.59 Å². The van der Waals surface area contributed by atoms with E-state index < -0.39 is 5.91 Å². The van der Waals surface area contributed by atoms with Crippen LogP contribution in [0.25, 0.3) is 0 Å². The average molecular weight is 431 g/mol. The Morgan fingerprint density at radius 1 is 1.07 bits per heavy atom. The summed E-state index contributed by atoms with van der Waals surface area (Å²) in [5, 5.41) is 6.49. The summed E-state index contributed by atoms with van der Waals surface area (Å²) in [4.78, 5) is 26.1. The Morgan fingerprint density at radius 2 is 1.74 bits per heavy atom. The molecule has 0 aliphatic rings. The van der Waals surface area contributed by atoms with Crippen molar-refractivity contribution in [1.82, 2.24) is 10.7 Å². The van der Waals surface area contributed by atoms with Crippen molar-refractivity contribution in [3.05, 3.63) is 64.1 Å². The summed E-state index contributed by atoms with van der Waals surface area (Å²) in [5.74, 6) is -0.722. The fourth-order valence-electron chi connectivity index (χ4n) is 2.48. The third-order valence-corrected chi connectivity index (χ3v) is 4.64. The van der Waals surface area contributed by atoms with E-state index in [4.69, 9.17) is 0 Å². The lowest BCUT2D eigenvalue weighted by atomic mass is 10.2. The average Bonchev–Trinajstić information content (AvgIpc) is 2.68. The minimum atomic E-state index is -0.397. The van der Waals surface area contributed by atoms with Gasteiger partial charge in [-0.05, 0) is 59.6 Å². The molecule has 0 heterocycles. The van der Waals surface area contributed by atoms with E-state index in [2.05, 4.69) is 50.5 Å². The molecule has 142 valence electrons. The maximum Gasteiger partial charge on any atom is 0.259 e. The number of benzene rings is 2. The maximum absolute atomic E-state index is 12.0. The second-order valence-electron chi connectivity index (χ2n) is 5.72. The molecule has 0 aromatic heterocycles. The Morgan fingerprint density at radius 3 is 2.37 bits per heavy atom. The van der Waals surface area contributed by atoms with Gasteiger partial charge in [0, 0.05) is 23.2 Å². The number of carbonyl (C=O) groups is 2. The van der Waals surface area contributed by atoms with E-state index in [0.29, 0.717) is 10.0 Å². The minimum Gasteiger partial charge on any atom is -0.372 e. The van der Waals surface area contributed by atoms with Crippen LogP contribution in [0.1, 0.15) is 29.8 Å². The molecule has 0 aliphatic carbocycles. The molecule has 2 aromatic rings. The van der Waals surface area contributed by atoms with Crippen LogP contribution in [0, 0.1) is 0 Å². The molecule has 2 rings (SSSR count). The van der Waals surface area contributed by atoms with Crippen LogP contribution in [0.2, 0.25) is 0 Å². The molecule has 0 atom stereocenters. The van der Waals surface area contributed by atoms with E-state index in [1.54, 1.807) is 24.4 Å². The first kappa shape index (κ1) is 20.6. The minimum absolute atomic E-state index is 0.154. The Hall–Kier alpha value is -2.67. The van der Waals surface area contributed by atoms with E-state index >= 15 is 0 Å². The van der Waals surface area contributed by atoms with E-state index in [-0.39, 0.29) is 12.5 Å². The largest absolute Gasteiger partial charge is 0.372 e. The molecule has 0 spiro atoms. The van der Waals surface area contributed by atoms with E-state index in [1.807, 2.05) is 30.3 Å². The molecule has 6 nitrogen and oxygen atoms in total. The second kappa shape index (κ2) is 10.5. The Bertz CT molecular complexity index is 802. The van der Waals surface area contributed by atoms with Gasteiger partial charge in [-0.1, -0.05) is 24.3 Å². The van der Waals surface area contributed by atoms with Crippen molar-refractivity contribution in [2.75, 3.05) is 24.5 Å². The van der Waals surface area contributed by atoms with Crippen LogP contribution >= 0.6 is 15.9 Å². The number of rotatable bonds is 8. The fraction of sp³-hybridized carbons (Fsp3) is 0.250. The summed E-state index contributed by atoms with van der Waals surface area (Å²) >= 11 is 3.31. The van der Waals surface area contributed by atoms with Crippen LogP contribution in [0.4, 0.5) is 5.69 Å². The third kappa shape index (κ3) is 6.21. The van der Waals surface area contributed by atoms with Crippen molar-refractivity contribution in [1.29, 1.82) is 0 Å². The zero-order chi connectivity index (χ0) is 19.6. The molecule has 2 aromatic carbocycles. The number of hydrogen-bond donors (Lipinski definition) is 2. The monoisotopic (exact) mass is 430 g/mol. The SMILES string of the molecule is CCN(CC)c1ccc(/C=N/NC(=O)CNC(=O)c2ccccc2Br)cc1. The molecule has 7 heteroatoms. The van der Waals surface area contributed by atoms with Crippen molar-refractivity contribution in [3.8, 4) is 0 Å². The number of nitrogens with one attached hydrogen (secondary N) is 2. The number of halogens is 1. The van der Waals surface area contributed by atoms with Crippen molar-refractivity contribution >= 4 is 39.6 Å². The molecule has 27 heavy (non-hydrogen) atoms. The van der Waals surface area contributed by atoms with E-state index in [9.17, 15) is 9.59 Å². The van der Waals surface area contributed by atoms with E-state index in [1.165, 1.54) is 0 Å². The maximum atomic E-state index is 12.0. The smallest absolute Gasteiger partial charge is 0.259 e. The van der Waals surface area contributed by atoms with Crippen LogP contribution in [0.15, 0.2) is 58.1 Å². The summed E-state index contributed by atoms with van der Waals surface area (Å²) in [6.45, 7) is 5.97. The van der Waals surface area contributed by atoms with Crippen LogP contribution in [0.5, 0.6) is 0 Å². The van der Waals surface area contributed by atoms with Gasteiger partial charge in [0.05, 0.1) is 18.3 Å². The van der Waals surface area contributed by atoms with Crippen LogP contribution in [0.3, 0.4) is 0 Å².